The van der Waals surface area contributed by atoms with Gasteiger partial charge in [-0.05, 0) is 49.4 Å². The van der Waals surface area contributed by atoms with Gasteiger partial charge in [-0.3, -0.25) is 9.59 Å². The molecule has 1 aliphatic rings. The number of imidazole rings is 1. The van der Waals surface area contributed by atoms with Crippen LogP contribution in [0.2, 0.25) is 0 Å². The predicted molar refractivity (Wildman–Crippen MR) is 128 cm³/mol. The van der Waals surface area contributed by atoms with E-state index in [9.17, 15) is 9.59 Å². The van der Waals surface area contributed by atoms with Crippen LogP contribution in [0, 0.1) is 5.92 Å². The number of aromatic amines is 1. The molecule has 7 heteroatoms. The van der Waals surface area contributed by atoms with Gasteiger partial charge in [-0.25, -0.2) is 4.98 Å². The highest BCUT2D eigenvalue weighted by Gasteiger charge is 2.24. The molecular formula is C26H29N5O2. The second-order valence-electron chi connectivity index (χ2n) is 8.87. The minimum absolute atomic E-state index is 0.0469. The highest BCUT2D eigenvalue weighted by Crippen LogP contribution is 2.24. The van der Waals surface area contributed by atoms with Gasteiger partial charge in [0.25, 0.3) is 11.8 Å². The van der Waals surface area contributed by atoms with Crippen LogP contribution in [0.5, 0.6) is 0 Å². The fraction of sp³-hybridized carbons (Fsp3) is 0.346. The molecule has 1 saturated heterocycles. The largest absolute Gasteiger partial charge is 0.352 e. The summed E-state index contributed by atoms with van der Waals surface area (Å²) in [7, 11) is 0. The van der Waals surface area contributed by atoms with Crippen molar-refractivity contribution in [3.05, 3.63) is 72.3 Å². The van der Waals surface area contributed by atoms with E-state index in [0.29, 0.717) is 23.7 Å². The number of carbonyl (C=O) groups is 2. The zero-order chi connectivity index (χ0) is 22.6. The number of fused-ring (bicyclic) bond motifs is 2. The van der Waals surface area contributed by atoms with Crippen molar-refractivity contribution in [1.29, 1.82) is 0 Å². The number of para-hydroxylation sites is 1. The number of carbonyl (C=O) groups excluding carboxylic acids is 2. The van der Waals surface area contributed by atoms with Gasteiger partial charge < -0.3 is 19.6 Å². The molecule has 2 amide bonds. The number of hydrogen-bond donors (Lipinski definition) is 2. The molecule has 0 radical (unpaired) electrons. The molecule has 0 spiro atoms. The van der Waals surface area contributed by atoms with Crippen molar-refractivity contribution in [2.75, 3.05) is 19.6 Å². The molecule has 1 aliphatic heterocycles. The molecule has 4 heterocycles. The third-order valence-electron chi connectivity index (χ3n) is 6.64. The van der Waals surface area contributed by atoms with Crippen LogP contribution in [0.3, 0.4) is 0 Å². The van der Waals surface area contributed by atoms with Gasteiger partial charge in [0.05, 0.1) is 5.56 Å². The van der Waals surface area contributed by atoms with Gasteiger partial charge in [0, 0.05) is 49.1 Å². The first-order chi connectivity index (χ1) is 16.2. The number of nitrogens with zero attached hydrogens (tertiary/aromatic N) is 3. The van der Waals surface area contributed by atoms with E-state index in [1.54, 1.807) is 6.20 Å². The maximum Gasteiger partial charge on any atom is 0.270 e. The van der Waals surface area contributed by atoms with E-state index in [-0.39, 0.29) is 11.8 Å². The van der Waals surface area contributed by atoms with Gasteiger partial charge in [-0.2, -0.15) is 0 Å². The Hall–Kier alpha value is -3.61. The van der Waals surface area contributed by atoms with Crippen LogP contribution < -0.4 is 5.32 Å². The van der Waals surface area contributed by atoms with Crippen LogP contribution in [0.4, 0.5) is 0 Å². The van der Waals surface area contributed by atoms with E-state index in [2.05, 4.69) is 15.3 Å². The van der Waals surface area contributed by atoms with Crippen molar-refractivity contribution in [1.82, 2.24) is 24.6 Å². The lowest BCUT2D eigenvalue weighted by Gasteiger charge is -2.31. The SMILES string of the molecule is O=C(NCCCCC1CCN(C(=O)c2cc3ccccc3[nH]2)CC1)c1ccc2nccn2c1. The second-order valence-corrected chi connectivity index (χ2v) is 8.87. The molecule has 0 atom stereocenters. The van der Waals surface area contributed by atoms with Gasteiger partial charge in [-0.1, -0.05) is 31.0 Å². The quantitative estimate of drug-likeness (QED) is 0.419. The first-order valence-corrected chi connectivity index (χ1v) is 11.8. The summed E-state index contributed by atoms with van der Waals surface area (Å²) in [5, 5.41) is 4.09. The van der Waals surface area contributed by atoms with Crippen molar-refractivity contribution in [3.8, 4) is 0 Å². The Morgan fingerprint density at radius 3 is 2.79 bits per heavy atom. The molecule has 1 aromatic carbocycles. The molecule has 3 aromatic heterocycles. The third kappa shape index (κ3) is 4.77. The third-order valence-corrected chi connectivity index (χ3v) is 6.64. The highest BCUT2D eigenvalue weighted by atomic mass is 16.2. The van der Waals surface area contributed by atoms with E-state index in [1.165, 1.54) is 0 Å². The summed E-state index contributed by atoms with van der Waals surface area (Å²) in [5.41, 5.74) is 3.16. The summed E-state index contributed by atoms with van der Waals surface area (Å²) in [6, 6.07) is 13.6. The zero-order valence-corrected chi connectivity index (χ0v) is 18.7. The van der Waals surface area contributed by atoms with Crippen LogP contribution >= 0.6 is 0 Å². The molecule has 0 bridgehead atoms. The zero-order valence-electron chi connectivity index (χ0n) is 18.7. The normalized spacial score (nSPS) is 14.7. The standard InChI is InChI=1S/C26H29N5O2/c32-25(21-8-9-24-27-13-16-31(24)18-21)28-12-4-3-5-19-10-14-30(15-11-19)26(33)23-17-20-6-1-2-7-22(20)29-23/h1-2,6-9,13,16-19,29H,3-5,10-12,14-15H2,(H,28,32). The van der Waals surface area contributed by atoms with E-state index < -0.39 is 0 Å². The Labute approximate surface area is 192 Å². The Morgan fingerprint density at radius 1 is 1.09 bits per heavy atom. The minimum Gasteiger partial charge on any atom is -0.352 e. The first kappa shape index (κ1) is 21.2. The minimum atomic E-state index is -0.0469. The number of hydrogen-bond acceptors (Lipinski definition) is 3. The van der Waals surface area contributed by atoms with Crippen LogP contribution in [0.1, 0.15) is 53.0 Å². The number of likely N-dealkylation sites (tertiary alicyclic amines) is 1. The number of nitrogens with one attached hydrogen (secondary N) is 2. The monoisotopic (exact) mass is 443 g/mol. The van der Waals surface area contributed by atoms with Gasteiger partial charge in [0.2, 0.25) is 0 Å². The second kappa shape index (κ2) is 9.48. The molecule has 4 aromatic rings. The van der Waals surface area contributed by atoms with Crippen LogP contribution in [-0.2, 0) is 0 Å². The van der Waals surface area contributed by atoms with E-state index in [1.807, 2.05) is 64.2 Å². The fourth-order valence-electron chi connectivity index (χ4n) is 4.70. The van der Waals surface area contributed by atoms with Crippen LogP contribution in [0.15, 0.2) is 61.1 Å². The molecule has 170 valence electrons. The lowest BCUT2D eigenvalue weighted by molar-refractivity contribution is 0.0681. The van der Waals surface area contributed by atoms with Crippen molar-refractivity contribution < 1.29 is 9.59 Å². The number of rotatable bonds is 7. The van der Waals surface area contributed by atoms with Crippen LogP contribution in [0.25, 0.3) is 16.6 Å². The molecule has 0 saturated carbocycles. The number of benzene rings is 1. The van der Waals surface area contributed by atoms with Crippen LogP contribution in [-0.4, -0.2) is 50.7 Å². The Morgan fingerprint density at radius 2 is 1.94 bits per heavy atom. The lowest BCUT2D eigenvalue weighted by Crippen LogP contribution is -2.38. The Balaban J connectivity index is 1.01. The summed E-state index contributed by atoms with van der Waals surface area (Å²) < 4.78 is 1.85. The lowest BCUT2D eigenvalue weighted by atomic mass is 9.91. The molecular weight excluding hydrogens is 414 g/mol. The molecule has 1 fully saturated rings. The van der Waals surface area contributed by atoms with E-state index >= 15 is 0 Å². The molecule has 0 aliphatic carbocycles. The number of unbranched alkanes of at least 4 members (excludes halogenated alkanes) is 1. The predicted octanol–water partition coefficient (Wildman–Crippen LogP) is 4.27. The highest BCUT2D eigenvalue weighted by molar-refractivity contribution is 5.98. The number of H-pyrrole nitrogens is 1. The summed E-state index contributed by atoms with van der Waals surface area (Å²) in [4.78, 5) is 34.6. The van der Waals surface area contributed by atoms with Crippen molar-refractivity contribution in [2.24, 2.45) is 5.92 Å². The number of pyridine rings is 1. The molecule has 5 rings (SSSR count). The molecule has 33 heavy (non-hydrogen) atoms. The van der Waals surface area contributed by atoms with E-state index in [0.717, 1.165) is 61.7 Å². The van der Waals surface area contributed by atoms with Gasteiger partial charge in [-0.15, -0.1) is 0 Å². The smallest absolute Gasteiger partial charge is 0.270 e. The summed E-state index contributed by atoms with van der Waals surface area (Å²) >= 11 is 0. The van der Waals surface area contributed by atoms with Crippen molar-refractivity contribution >= 4 is 28.4 Å². The van der Waals surface area contributed by atoms with Crippen molar-refractivity contribution in [2.45, 2.75) is 32.1 Å². The maximum atomic E-state index is 12.9. The topological polar surface area (TPSA) is 82.5 Å². The summed E-state index contributed by atoms with van der Waals surface area (Å²) in [6.45, 7) is 2.30. The number of piperidine rings is 1. The Kier molecular flexibility index (Phi) is 6.11. The average Bonchev–Trinajstić information content (AvgIpc) is 3.50. The molecule has 7 nitrogen and oxygen atoms in total. The molecule has 2 N–H and O–H groups in total. The maximum absolute atomic E-state index is 12.9. The van der Waals surface area contributed by atoms with Gasteiger partial charge in [0.15, 0.2) is 0 Å². The van der Waals surface area contributed by atoms with Gasteiger partial charge in [0.1, 0.15) is 11.3 Å². The first-order valence-electron chi connectivity index (χ1n) is 11.8. The van der Waals surface area contributed by atoms with E-state index in [4.69, 9.17) is 0 Å². The van der Waals surface area contributed by atoms with Gasteiger partial charge >= 0.3 is 0 Å². The summed E-state index contributed by atoms with van der Waals surface area (Å²) in [6.07, 6.45) is 10.7. The molecule has 0 unspecified atom stereocenters. The van der Waals surface area contributed by atoms with Crippen molar-refractivity contribution in [3.63, 3.8) is 0 Å². The Bertz CT molecular complexity index is 1230. The summed E-state index contributed by atoms with van der Waals surface area (Å²) in [5.74, 6) is 0.701. The average molecular weight is 444 g/mol. The fourth-order valence-corrected chi connectivity index (χ4v) is 4.70. The number of amides is 2. The number of aromatic nitrogens is 3.